The van der Waals surface area contributed by atoms with Gasteiger partial charge in [0.25, 0.3) is 0 Å². The molecule has 0 heterocycles. The second-order valence-electron chi connectivity index (χ2n) is 3.08. The van der Waals surface area contributed by atoms with Gasteiger partial charge in [0.1, 0.15) is 0 Å². The SMILES string of the molecule is C/C=C/C=C/C(=O)[O-].[NH3+]Cc1ccc(Cl)cc1. The number of carboxylic acid groups (broad SMARTS) is 1. The molecule has 0 bridgehead atoms. The lowest BCUT2D eigenvalue weighted by Crippen LogP contribution is -2.47. The number of quaternary nitrogens is 1. The topological polar surface area (TPSA) is 67.8 Å². The molecule has 0 atom stereocenters. The molecule has 0 spiro atoms. The summed E-state index contributed by atoms with van der Waals surface area (Å²) >= 11 is 5.65. The molecule has 92 valence electrons. The third-order valence-electron chi connectivity index (χ3n) is 1.74. The number of carbonyl (C=O) groups is 1. The van der Waals surface area contributed by atoms with Crippen LogP contribution in [0.5, 0.6) is 0 Å². The van der Waals surface area contributed by atoms with E-state index >= 15 is 0 Å². The highest BCUT2D eigenvalue weighted by Crippen LogP contribution is 2.07. The number of hydrogen-bond donors (Lipinski definition) is 1. The number of allylic oxidation sites excluding steroid dienone is 3. The van der Waals surface area contributed by atoms with Gasteiger partial charge in [0.2, 0.25) is 0 Å². The first-order valence-electron chi connectivity index (χ1n) is 5.14. The normalized spacial score (nSPS) is 10.3. The maximum Gasteiger partial charge on any atom is 0.0997 e. The molecule has 0 aliphatic heterocycles. The van der Waals surface area contributed by atoms with E-state index in [-0.39, 0.29) is 0 Å². The van der Waals surface area contributed by atoms with Crippen LogP contribution in [0.25, 0.3) is 0 Å². The Bertz CT molecular complexity index is 383. The molecule has 0 aromatic heterocycles. The van der Waals surface area contributed by atoms with E-state index < -0.39 is 5.97 Å². The lowest BCUT2D eigenvalue weighted by Gasteiger charge is -1.91. The Morgan fingerprint density at radius 3 is 2.35 bits per heavy atom. The Labute approximate surface area is 106 Å². The molecule has 3 nitrogen and oxygen atoms in total. The smallest absolute Gasteiger partial charge is 0.0997 e. The van der Waals surface area contributed by atoms with E-state index in [0.29, 0.717) is 0 Å². The molecule has 1 aromatic rings. The van der Waals surface area contributed by atoms with E-state index in [4.69, 9.17) is 11.6 Å². The number of rotatable bonds is 3. The molecule has 0 saturated heterocycles. The van der Waals surface area contributed by atoms with Crippen molar-refractivity contribution in [2.75, 3.05) is 0 Å². The summed E-state index contributed by atoms with van der Waals surface area (Å²) in [6.45, 7) is 2.64. The predicted octanol–water partition coefficient (Wildman–Crippen LogP) is 0.951. The Morgan fingerprint density at radius 1 is 1.35 bits per heavy atom. The Kier molecular flexibility index (Phi) is 8.74. The molecule has 1 aromatic carbocycles. The molecular weight excluding hydrogens is 238 g/mol. The van der Waals surface area contributed by atoms with Crippen molar-refractivity contribution >= 4 is 17.6 Å². The molecule has 0 aliphatic carbocycles. The van der Waals surface area contributed by atoms with Crippen LogP contribution in [0.4, 0.5) is 0 Å². The first-order chi connectivity index (χ1) is 8.10. The van der Waals surface area contributed by atoms with E-state index in [1.165, 1.54) is 11.6 Å². The number of benzene rings is 1. The van der Waals surface area contributed by atoms with Gasteiger partial charge in [-0.25, -0.2) is 0 Å². The molecule has 0 fully saturated rings. The van der Waals surface area contributed by atoms with Crippen molar-refractivity contribution < 1.29 is 15.6 Å². The summed E-state index contributed by atoms with van der Waals surface area (Å²) < 4.78 is 0. The van der Waals surface area contributed by atoms with E-state index in [1.807, 2.05) is 24.3 Å². The average molecular weight is 254 g/mol. The molecule has 0 unspecified atom stereocenters. The van der Waals surface area contributed by atoms with Gasteiger partial charge in [-0.1, -0.05) is 42.0 Å². The predicted molar refractivity (Wildman–Crippen MR) is 67.0 cm³/mol. The number of halogens is 1. The third-order valence-corrected chi connectivity index (χ3v) is 1.99. The fourth-order valence-corrected chi connectivity index (χ4v) is 1.02. The van der Waals surface area contributed by atoms with Gasteiger partial charge in [-0.15, -0.1) is 0 Å². The second kappa shape index (κ2) is 9.63. The van der Waals surface area contributed by atoms with Crippen molar-refractivity contribution in [1.29, 1.82) is 0 Å². The maximum atomic E-state index is 9.64. The highest BCUT2D eigenvalue weighted by molar-refractivity contribution is 6.30. The summed E-state index contributed by atoms with van der Waals surface area (Å²) in [6, 6.07) is 7.72. The van der Waals surface area contributed by atoms with Crippen molar-refractivity contribution in [3.8, 4) is 0 Å². The molecule has 0 amide bonds. The summed E-state index contributed by atoms with van der Waals surface area (Å²) in [5.74, 6) is -1.16. The Balaban J connectivity index is 0.000000304. The van der Waals surface area contributed by atoms with Crippen LogP contribution in [0, 0.1) is 0 Å². The van der Waals surface area contributed by atoms with Crippen LogP contribution in [0.15, 0.2) is 48.6 Å². The van der Waals surface area contributed by atoms with E-state index in [0.717, 1.165) is 17.6 Å². The van der Waals surface area contributed by atoms with Crippen molar-refractivity contribution in [2.45, 2.75) is 13.5 Å². The van der Waals surface area contributed by atoms with Crippen LogP contribution in [-0.2, 0) is 11.3 Å². The highest BCUT2D eigenvalue weighted by atomic mass is 35.5. The molecule has 3 N–H and O–H groups in total. The molecular formula is C13H16ClNO2. The van der Waals surface area contributed by atoms with Crippen LogP contribution in [0.1, 0.15) is 12.5 Å². The van der Waals surface area contributed by atoms with Crippen molar-refractivity contribution in [3.05, 3.63) is 59.2 Å². The minimum Gasteiger partial charge on any atom is -0.545 e. The van der Waals surface area contributed by atoms with Crippen LogP contribution in [0.2, 0.25) is 5.02 Å². The number of carboxylic acids is 1. The quantitative estimate of drug-likeness (QED) is 0.644. The zero-order valence-corrected chi connectivity index (χ0v) is 10.5. The Morgan fingerprint density at radius 2 is 1.94 bits per heavy atom. The number of hydrogen-bond acceptors (Lipinski definition) is 2. The minimum atomic E-state index is -1.16. The van der Waals surface area contributed by atoms with Crippen LogP contribution < -0.4 is 10.8 Å². The number of aliphatic carboxylic acids is 1. The monoisotopic (exact) mass is 253 g/mol. The molecule has 17 heavy (non-hydrogen) atoms. The zero-order chi connectivity index (χ0) is 13.1. The average Bonchev–Trinajstić information content (AvgIpc) is 2.31. The summed E-state index contributed by atoms with van der Waals surface area (Å²) in [4.78, 5) is 9.64. The van der Waals surface area contributed by atoms with Gasteiger partial charge < -0.3 is 15.6 Å². The van der Waals surface area contributed by atoms with Gasteiger partial charge in [0.05, 0.1) is 12.5 Å². The highest BCUT2D eigenvalue weighted by Gasteiger charge is 1.88. The van der Waals surface area contributed by atoms with Gasteiger partial charge in [-0.2, -0.15) is 0 Å². The van der Waals surface area contributed by atoms with E-state index in [1.54, 1.807) is 19.1 Å². The molecule has 1 rings (SSSR count). The van der Waals surface area contributed by atoms with Gasteiger partial charge in [0.15, 0.2) is 0 Å². The fraction of sp³-hybridized carbons (Fsp3) is 0.154. The fourth-order valence-electron chi connectivity index (χ4n) is 0.896. The largest absolute Gasteiger partial charge is 0.545 e. The molecule has 0 radical (unpaired) electrons. The van der Waals surface area contributed by atoms with E-state index in [9.17, 15) is 9.90 Å². The minimum absolute atomic E-state index is 0.784. The summed E-state index contributed by atoms with van der Waals surface area (Å²) in [7, 11) is 0. The van der Waals surface area contributed by atoms with Gasteiger partial charge in [-0.05, 0) is 25.1 Å². The summed E-state index contributed by atoms with van der Waals surface area (Å²) in [5, 5.41) is 10.4. The first kappa shape index (κ1) is 15.4. The third kappa shape index (κ3) is 9.35. The zero-order valence-electron chi connectivity index (χ0n) is 9.73. The molecule has 0 saturated carbocycles. The van der Waals surface area contributed by atoms with Crippen molar-refractivity contribution in [2.24, 2.45) is 0 Å². The van der Waals surface area contributed by atoms with Gasteiger partial charge >= 0.3 is 0 Å². The van der Waals surface area contributed by atoms with Crippen molar-refractivity contribution in [1.82, 2.24) is 0 Å². The lowest BCUT2D eigenvalue weighted by molar-refractivity contribution is -0.386. The molecule has 0 aliphatic rings. The second-order valence-corrected chi connectivity index (χ2v) is 3.52. The van der Waals surface area contributed by atoms with Gasteiger partial charge in [-0.3, -0.25) is 0 Å². The standard InChI is InChI=1S/C7H8ClN.C6H8O2/c8-7-3-1-6(5-9)2-4-7;1-2-3-4-5-6(7)8/h1-4H,5,9H2;2-5H,1H3,(H,7,8)/b;3-2+,5-4+. The van der Waals surface area contributed by atoms with Crippen LogP contribution in [0.3, 0.4) is 0 Å². The lowest BCUT2D eigenvalue weighted by atomic mass is 10.2. The van der Waals surface area contributed by atoms with Gasteiger partial charge in [0, 0.05) is 10.6 Å². The Hall–Kier alpha value is -1.58. The first-order valence-corrected chi connectivity index (χ1v) is 5.52. The summed E-state index contributed by atoms with van der Waals surface area (Å²) in [6.07, 6.45) is 5.74. The number of carbonyl (C=O) groups excluding carboxylic acids is 1. The maximum absolute atomic E-state index is 9.64. The van der Waals surface area contributed by atoms with E-state index in [2.05, 4.69) is 5.73 Å². The molecule has 4 heteroatoms. The summed E-state index contributed by atoms with van der Waals surface area (Å²) in [5.41, 5.74) is 4.96. The van der Waals surface area contributed by atoms with Crippen LogP contribution in [-0.4, -0.2) is 5.97 Å². The van der Waals surface area contributed by atoms with Crippen molar-refractivity contribution in [3.63, 3.8) is 0 Å². The van der Waals surface area contributed by atoms with Crippen LogP contribution >= 0.6 is 11.6 Å².